The monoisotopic (exact) mass is 404 g/mol. The fourth-order valence-corrected chi connectivity index (χ4v) is 4.10. The van der Waals surface area contributed by atoms with Crippen LogP contribution < -0.4 is 16.0 Å². The first-order valence-corrected chi connectivity index (χ1v) is 10.3. The van der Waals surface area contributed by atoms with Gasteiger partial charge >= 0.3 is 0 Å². The summed E-state index contributed by atoms with van der Waals surface area (Å²) in [7, 11) is 1.88. The van der Waals surface area contributed by atoms with Crippen molar-refractivity contribution >= 4 is 17.3 Å². The van der Waals surface area contributed by atoms with Crippen molar-refractivity contribution in [1.82, 2.24) is 14.8 Å². The minimum absolute atomic E-state index is 0.164. The van der Waals surface area contributed by atoms with Crippen molar-refractivity contribution in [2.24, 2.45) is 12.8 Å². The number of nitrogens with zero attached hydrogens (tertiary/aromatic N) is 4. The molecule has 1 aliphatic heterocycles. The van der Waals surface area contributed by atoms with Crippen molar-refractivity contribution in [1.29, 1.82) is 0 Å². The first kappa shape index (κ1) is 20.1. The topological polar surface area (TPSA) is 89.1 Å². The van der Waals surface area contributed by atoms with E-state index >= 15 is 0 Å². The Hall–Kier alpha value is -3.19. The predicted octanol–water partition coefficient (Wildman–Crippen LogP) is 3.28. The van der Waals surface area contributed by atoms with Crippen LogP contribution in [0.5, 0.6) is 0 Å². The summed E-state index contributed by atoms with van der Waals surface area (Å²) in [6.45, 7) is 5.66. The van der Waals surface area contributed by atoms with Crippen LogP contribution in [0.25, 0.3) is 11.1 Å². The molecule has 1 aromatic carbocycles. The molecule has 7 heteroatoms. The van der Waals surface area contributed by atoms with E-state index in [-0.39, 0.29) is 11.9 Å². The van der Waals surface area contributed by atoms with Gasteiger partial charge in [-0.2, -0.15) is 5.10 Å². The summed E-state index contributed by atoms with van der Waals surface area (Å²) in [4.78, 5) is 20.0. The molecule has 3 aromatic rings. The van der Waals surface area contributed by atoms with Gasteiger partial charge in [-0.25, -0.2) is 0 Å². The Balaban J connectivity index is 1.75. The lowest BCUT2D eigenvalue weighted by Gasteiger charge is -2.34. The second-order valence-electron chi connectivity index (χ2n) is 8.14. The molecule has 1 amide bonds. The third-order valence-corrected chi connectivity index (χ3v) is 5.51. The Morgan fingerprint density at radius 3 is 2.43 bits per heavy atom. The zero-order valence-electron chi connectivity index (χ0n) is 17.7. The Morgan fingerprint density at radius 2 is 1.80 bits per heavy atom. The number of benzene rings is 1. The molecule has 3 heterocycles. The van der Waals surface area contributed by atoms with E-state index in [1.165, 1.54) is 0 Å². The standard InChI is InChI=1S/C23H28N6O/c1-15-8-16(2)10-19(9-15)27-23(30)21-13-25-12-20(17-11-26-28(3)14-17)22(21)29-6-4-18(24)5-7-29/h8-14,18H,4-7,24H2,1-3H3,(H,27,30). The van der Waals surface area contributed by atoms with Gasteiger partial charge in [0.15, 0.2) is 0 Å². The van der Waals surface area contributed by atoms with Crippen LogP contribution in [0.15, 0.2) is 43.0 Å². The van der Waals surface area contributed by atoms with Gasteiger partial charge in [-0.15, -0.1) is 0 Å². The molecule has 0 aliphatic carbocycles. The van der Waals surface area contributed by atoms with Gasteiger partial charge in [-0.05, 0) is 49.9 Å². The van der Waals surface area contributed by atoms with Crippen LogP contribution in [-0.2, 0) is 7.05 Å². The molecule has 3 N–H and O–H groups in total. The van der Waals surface area contributed by atoms with Gasteiger partial charge in [0.2, 0.25) is 0 Å². The van der Waals surface area contributed by atoms with Gasteiger partial charge in [0.25, 0.3) is 5.91 Å². The molecule has 7 nitrogen and oxygen atoms in total. The molecule has 156 valence electrons. The van der Waals surface area contributed by atoms with E-state index in [2.05, 4.69) is 26.4 Å². The smallest absolute Gasteiger partial charge is 0.259 e. The first-order chi connectivity index (χ1) is 14.4. The Bertz CT molecular complexity index is 1050. The van der Waals surface area contributed by atoms with E-state index in [9.17, 15) is 4.79 Å². The Morgan fingerprint density at radius 1 is 1.10 bits per heavy atom. The van der Waals surface area contributed by atoms with Crippen LogP contribution in [0.4, 0.5) is 11.4 Å². The van der Waals surface area contributed by atoms with Crippen LogP contribution in [-0.4, -0.2) is 39.8 Å². The molecule has 4 rings (SSSR count). The minimum Gasteiger partial charge on any atom is -0.370 e. The average molecular weight is 405 g/mol. The number of piperidine rings is 1. The summed E-state index contributed by atoms with van der Waals surface area (Å²) in [6, 6.07) is 6.24. The van der Waals surface area contributed by atoms with Crippen LogP contribution in [0.1, 0.15) is 34.3 Å². The number of hydrogen-bond donors (Lipinski definition) is 2. The highest BCUT2D eigenvalue weighted by Crippen LogP contribution is 2.35. The number of nitrogens with one attached hydrogen (secondary N) is 1. The molecule has 30 heavy (non-hydrogen) atoms. The van der Waals surface area contributed by atoms with E-state index in [0.717, 1.165) is 59.6 Å². The van der Waals surface area contributed by atoms with Gasteiger partial charge < -0.3 is 16.0 Å². The molecule has 2 aromatic heterocycles. The zero-order valence-corrected chi connectivity index (χ0v) is 17.7. The Kier molecular flexibility index (Phi) is 5.55. The summed E-state index contributed by atoms with van der Waals surface area (Å²) < 4.78 is 1.76. The van der Waals surface area contributed by atoms with Gasteiger partial charge in [0.1, 0.15) is 0 Å². The average Bonchev–Trinajstić information content (AvgIpc) is 3.13. The molecular weight excluding hydrogens is 376 g/mol. The number of aromatic nitrogens is 3. The van der Waals surface area contributed by atoms with Crippen LogP contribution in [0, 0.1) is 13.8 Å². The Labute approximate surface area is 176 Å². The number of carbonyl (C=O) groups excluding carboxylic acids is 1. The highest BCUT2D eigenvalue weighted by Gasteiger charge is 2.25. The number of pyridine rings is 1. The predicted molar refractivity (Wildman–Crippen MR) is 120 cm³/mol. The largest absolute Gasteiger partial charge is 0.370 e. The summed E-state index contributed by atoms with van der Waals surface area (Å²) in [5.74, 6) is -0.164. The summed E-state index contributed by atoms with van der Waals surface area (Å²) in [5, 5.41) is 7.36. The quantitative estimate of drug-likeness (QED) is 0.697. The second kappa shape index (κ2) is 8.28. The number of rotatable bonds is 4. The van der Waals surface area contributed by atoms with Crippen LogP contribution in [0.3, 0.4) is 0 Å². The fourth-order valence-electron chi connectivity index (χ4n) is 4.10. The van der Waals surface area contributed by atoms with Crippen LogP contribution >= 0.6 is 0 Å². The molecular formula is C23H28N6O. The van der Waals surface area contributed by atoms with E-state index in [0.29, 0.717) is 5.56 Å². The normalized spacial score (nSPS) is 14.7. The second-order valence-corrected chi connectivity index (χ2v) is 8.14. The highest BCUT2D eigenvalue weighted by molar-refractivity contribution is 6.10. The molecule has 0 saturated carbocycles. The van der Waals surface area contributed by atoms with Crippen molar-refractivity contribution < 1.29 is 4.79 Å². The lowest BCUT2D eigenvalue weighted by Crippen LogP contribution is -2.40. The summed E-state index contributed by atoms with van der Waals surface area (Å²) in [6.07, 6.45) is 9.01. The van der Waals surface area contributed by atoms with E-state index < -0.39 is 0 Å². The van der Waals surface area contributed by atoms with E-state index in [1.54, 1.807) is 10.9 Å². The van der Waals surface area contributed by atoms with Crippen molar-refractivity contribution in [3.05, 3.63) is 59.7 Å². The molecule has 0 radical (unpaired) electrons. The first-order valence-electron chi connectivity index (χ1n) is 10.3. The molecule has 0 bridgehead atoms. The van der Waals surface area contributed by atoms with Crippen LogP contribution in [0.2, 0.25) is 0 Å². The third kappa shape index (κ3) is 4.21. The van der Waals surface area contributed by atoms with Gasteiger partial charge in [-0.1, -0.05) is 6.07 Å². The van der Waals surface area contributed by atoms with Crippen molar-refractivity contribution in [2.45, 2.75) is 32.7 Å². The number of anilines is 2. The lowest BCUT2D eigenvalue weighted by molar-refractivity contribution is 0.102. The number of carbonyl (C=O) groups is 1. The maximum atomic E-state index is 13.3. The van der Waals surface area contributed by atoms with E-state index in [1.807, 2.05) is 51.6 Å². The molecule has 1 saturated heterocycles. The summed E-state index contributed by atoms with van der Waals surface area (Å²) in [5.41, 5.74) is 12.4. The molecule has 0 unspecified atom stereocenters. The highest BCUT2D eigenvalue weighted by atomic mass is 16.1. The maximum Gasteiger partial charge on any atom is 0.259 e. The van der Waals surface area contributed by atoms with Gasteiger partial charge in [0, 0.05) is 61.6 Å². The van der Waals surface area contributed by atoms with Crippen molar-refractivity contribution in [3.8, 4) is 11.1 Å². The number of aryl methyl sites for hydroxylation is 3. The molecule has 0 atom stereocenters. The van der Waals surface area contributed by atoms with Crippen molar-refractivity contribution in [3.63, 3.8) is 0 Å². The lowest BCUT2D eigenvalue weighted by atomic mass is 10.00. The molecule has 1 aliphatic rings. The molecule has 0 spiro atoms. The maximum absolute atomic E-state index is 13.3. The fraction of sp³-hybridized carbons (Fsp3) is 0.348. The number of hydrogen-bond acceptors (Lipinski definition) is 5. The SMILES string of the molecule is Cc1cc(C)cc(NC(=O)c2cncc(-c3cnn(C)c3)c2N2CCC(N)CC2)c1. The third-order valence-electron chi connectivity index (χ3n) is 5.51. The van der Waals surface area contributed by atoms with Crippen molar-refractivity contribution in [2.75, 3.05) is 23.3 Å². The summed E-state index contributed by atoms with van der Waals surface area (Å²) >= 11 is 0. The van der Waals surface area contributed by atoms with E-state index in [4.69, 9.17) is 5.73 Å². The zero-order chi connectivity index (χ0) is 21.3. The number of nitrogens with two attached hydrogens (primary N) is 1. The minimum atomic E-state index is -0.164. The molecule has 1 fully saturated rings. The van der Waals surface area contributed by atoms with Gasteiger partial charge in [-0.3, -0.25) is 14.5 Å². The van der Waals surface area contributed by atoms with Gasteiger partial charge in [0.05, 0.1) is 17.4 Å². The number of amides is 1.